The number of hydrogen-bond acceptors (Lipinski definition) is 10. The van der Waals surface area contributed by atoms with E-state index in [4.69, 9.17) is 21.1 Å². The number of ether oxygens (including phenoxy) is 2. The lowest BCUT2D eigenvalue weighted by Gasteiger charge is -2.31. The molecule has 11 nitrogen and oxygen atoms in total. The predicted octanol–water partition coefficient (Wildman–Crippen LogP) is 2.09. The Morgan fingerprint density at radius 3 is 2.61 bits per heavy atom. The Morgan fingerprint density at radius 1 is 1.11 bits per heavy atom. The third kappa shape index (κ3) is 5.74. The van der Waals surface area contributed by atoms with Crippen LogP contribution in [-0.2, 0) is 4.74 Å². The summed E-state index contributed by atoms with van der Waals surface area (Å²) < 4.78 is 12.0. The monoisotopic (exact) mass is 491 g/mol. The van der Waals surface area contributed by atoms with Crippen LogP contribution in [0.4, 0.5) is 11.5 Å². The minimum absolute atomic E-state index is 0.132. The number of hydrazine groups is 1. The highest BCUT2D eigenvalue weighted by Gasteiger charge is 2.24. The average Bonchev–Trinajstić information content (AvgIpc) is 2.90. The molecule has 1 aromatic carbocycles. The number of hydrazone groups is 1. The highest BCUT2D eigenvalue weighted by molar-refractivity contribution is 5.97. The van der Waals surface area contributed by atoms with Crippen LogP contribution in [0.1, 0.15) is 31.2 Å². The molecule has 0 bridgehead atoms. The van der Waals surface area contributed by atoms with E-state index >= 15 is 0 Å². The second kappa shape index (κ2) is 10.9. The van der Waals surface area contributed by atoms with Gasteiger partial charge < -0.3 is 25.4 Å². The number of anilines is 2. The molecule has 0 atom stereocenters. The van der Waals surface area contributed by atoms with Crippen LogP contribution in [0.2, 0.25) is 0 Å². The first-order valence-electron chi connectivity index (χ1n) is 12.3. The largest absolute Gasteiger partial charge is 0.488 e. The summed E-state index contributed by atoms with van der Waals surface area (Å²) in [6.45, 7) is 3.19. The van der Waals surface area contributed by atoms with E-state index in [1.165, 1.54) is 5.12 Å². The zero-order valence-electron chi connectivity index (χ0n) is 20.5. The van der Waals surface area contributed by atoms with Gasteiger partial charge in [-0.1, -0.05) is 0 Å². The molecule has 0 radical (unpaired) electrons. The Hall–Kier alpha value is -3.70. The third-order valence-electron chi connectivity index (χ3n) is 6.54. The fourth-order valence-corrected chi connectivity index (χ4v) is 4.69. The fourth-order valence-electron chi connectivity index (χ4n) is 4.69. The van der Waals surface area contributed by atoms with E-state index in [9.17, 15) is 0 Å². The number of aromatic nitrogens is 3. The molecule has 3 aromatic rings. The number of nitrogens with zero attached hydrogens (tertiary/aromatic N) is 6. The normalized spacial score (nSPS) is 20.8. The minimum atomic E-state index is 0.132. The first kappa shape index (κ1) is 24.0. The maximum Gasteiger partial charge on any atom is 0.153 e. The summed E-state index contributed by atoms with van der Waals surface area (Å²) in [6.07, 6.45) is 9.15. The molecule has 1 aliphatic heterocycles. The van der Waals surface area contributed by atoms with Crippen LogP contribution in [-0.4, -0.2) is 71.4 Å². The smallest absolute Gasteiger partial charge is 0.153 e. The van der Waals surface area contributed by atoms with Crippen molar-refractivity contribution in [2.75, 3.05) is 43.6 Å². The maximum atomic E-state index is 6.53. The number of nitrogens with two attached hydrogens (primary N) is 2. The second-order valence-corrected chi connectivity index (χ2v) is 9.19. The molecule has 36 heavy (non-hydrogen) atoms. The standard InChI is InChI=1S/C25H33N9O2/c1-33(27)32-25(26)17-2-7-23(30-16-17)31-18-3-5-20(6-4-18)36-22-15-19(34-10-12-35-13-11-34)14-21-24(22)29-9-8-28-21/h2,7-9,14-16,18,20H,3-6,10-13,27H2,1H3,(H2,26,32)(H,30,31). The van der Waals surface area contributed by atoms with Crippen molar-refractivity contribution in [2.24, 2.45) is 16.7 Å². The van der Waals surface area contributed by atoms with Gasteiger partial charge >= 0.3 is 0 Å². The van der Waals surface area contributed by atoms with Gasteiger partial charge in [-0.3, -0.25) is 4.98 Å². The molecule has 2 aliphatic rings. The average molecular weight is 492 g/mol. The summed E-state index contributed by atoms with van der Waals surface area (Å²) in [6, 6.07) is 8.34. The van der Waals surface area contributed by atoms with Crippen molar-refractivity contribution in [1.29, 1.82) is 0 Å². The van der Waals surface area contributed by atoms with Gasteiger partial charge in [0.25, 0.3) is 0 Å². The van der Waals surface area contributed by atoms with E-state index in [0.29, 0.717) is 11.9 Å². The molecule has 2 aromatic heterocycles. The summed E-state index contributed by atoms with van der Waals surface area (Å²) in [5.74, 6) is 7.47. The predicted molar refractivity (Wildman–Crippen MR) is 140 cm³/mol. The molecule has 0 unspecified atom stereocenters. The topological polar surface area (TPSA) is 140 Å². The van der Waals surface area contributed by atoms with Crippen LogP contribution in [0.15, 0.2) is 48.0 Å². The van der Waals surface area contributed by atoms with Crippen molar-refractivity contribution in [3.05, 3.63) is 48.4 Å². The highest BCUT2D eigenvalue weighted by atomic mass is 16.5. The van der Waals surface area contributed by atoms with Crippen LogP contribution in [0, 0.1) is 0 Å². The van der Waals surface area contributed by atoms with E-state index in [2.05, 4.69) is 42.4 Å². The van der Waals surface area contributed by atoms with Crippen molar-refractivity contribution in [1.82, 2.24) is 20.1 Å². The van der Waals surface area contributed by atoms with Gasteiger partial charge in [0.1, 0.15) is 17.1 Å². The van der Waals surface area contributed by atoms with Crippen molar-refractivity contribution in [3.63, 3.8) is 0 Å². The summed E-state index contributed by atoms with van der Waals surface area (Å²) in [4.78, 5) is 15.9. The van der Waals surface area contributed by atoms with Crippen molar-refractivity contribution in [2.45, 2.75) is 37.8 Å². The molecular weight excluding hydrogens is 458 g/mol. The Balaban J connectivity index is 1.21. The lowest BCUT2D eigenvalue weighted by molar-refractivity contribution is 0.122. The highest BCUT2D eigenvalue weighted by Crippen LogP contribution is 2.33. The molecule has 1 aliphatic carbocycles. The van der Waals surface area contributed by atoms with Crippen LogP contribution >= 0.6 is 0 Å². The molecular formula is C25H33N9O2. The van der Waals surface area contributed by atoms with Crippen LogP contribution in [0.25, 0.3) is 11.0 Å². The minimum Gasteiger partial charge on any atom is -0.488 e. The molecule has 2 fully saturated rings. The zero-order valence-corrected chi connectivity index (χ0v) is 20.5. The summed E-state index contributed by atoms with van der Waals surface area (Å²) >= 11 is 0. The zero-order chi connectivity index (χ0) is 24.9. The molecule has 1 saturated carbocycles. The number of rotatable bonds is 7. The lowest BCUT2D eigenvalue weighted by atomic mass is 9.93. The van der Waals surface area contributed by atoms with Gasteiger partial charge in [-0.25, -0.2) is 20.9 Å². The fraction of sp³-hybridized carbons (Fsp3) is 0.440. The summed E-state index contributed by atoms with van der Waals surface area (Å²) in [5.41, 5.74) is 9.43. The number of nitrogens with one attached hydrogen (secondary N) is 1. The summed E-state index contributed by atoms with van der Waals surface area (Å²) in [7, 11) is 1.62. The van der Waals surface area contributed by atoms with Gasteiger partial charge in [0.05, 0.1) is 24.8 Å². The number of amidine groups is 1. The number of pyridine rings is 1. The SMILES string of the molecule is CN(N)/N=C(\N)c1ccc(NC2CCC(Oc3cc(N4CCOCC4)cc4nccnc34)CC2)nc1. The lowest BCUT2D eigenvalue weighted by Crippen LogP contribution is -2.36. The Bertz CT molecular complexity index is 1190. The Kier molecular flexibility index (Phi) is 7.28. The molecule has 0 amide bonds. The van der Waals surface area contributed by atoms with Gasteiger partial charge in [-0.05, 0) is 43.9 Å². The van der Waals surface area contributed by atoms with E-state index in [0.717, 1.165) is 85.8 Å². The van der Waals surface area contributed by atoms with E-state index < -0.39 is 0 Å². The van der Waals surface area contributed by atoms with Crippen LogP contribution in [0.5, 0.6) is 5.75 Å². The van der Waals surface area contributed by atoms with E-state index in [-0.39, 0.29) is 6.10 Å². The van der Waals surface area contributed by atoms with Gasteiger partial charge in [-0.2, -0.15) is 0 Å². The van der Waals surface area contributed by atoms with Gasteiger partial charge in [-0.15, -0.1) is 5.10 Å². The number of hydrogen-bond donors (Lipinski definition) is 3. The Morgan fingerprint density at radius 2 is 1.89 bits per heavy atom. The molecule has 0 spiro atoms. The maximum absolute atomic E-state index is 6.53. The first-order chi connectivity index (χ1) is 17.5. The number of morpholine rings is 1. The molecule has 1 saturated heterocycles. The number of fused-ring (bicyclic) bond motifs is 1. The van der Waals surface area contributed by atoms with E-state index in [1.54, 1.807) is 25.6 Å². The number of benzene rings is 1. The quantitative estimate of drug-likeness (QED) is 0.195. The van der Waals surface area contributed by atoms with Crippen molar-refractivity contribution in [3.8, 4) is 5.75 Å². The van der Waals surface area contributed by atoms with Crippen LogP contribution < -0.4 is 26.5 Å². The van der Waals surface area contributed by atoms with Crippen molar-refractivity contribution < 1.29 is 9.47 Å². The van der Waals surface area contributed by atoms with Crippen molar-refractivity contribution >= 4 is 28.4 Å². The third-order valence-corrected chi connectivity index (χ3v) is 6.54. The molecule has 3 heterocycles. The van der Waals surface area contributed by atoms with Crippen LogP contribution in [0.3, 0.4) is 0 Å². The molecule has 5 rings (SSSR count). The molecule has 5 N–H and O–H groups in total. The Labute approximate surface area is 210 Å². The summed E-state index contributed by atoms with van der Waals surface area (Å²) in [5, 5.41) is 8.71. The second-order valence-electron chi connectivity index (χ2n) is 9.19. The van der Waals surface area contributed by atoms with Gasteiger partial charge in [0, 0.05) is 62.1 Å². The van der Waals surface area contributed by atoms with Gasteiger partial charge in [0.2, 0.25) is 0 Å². The molecule has 11 heteroatoms. The first-order valence-corrected chi connectivity index (χ1v) is 12.3. The molecule has 190 valence electrons. The van der Waals surface area contributed by atoms with Gasteiger partial charge in [0.15, 0.2) is 5.84 Å². The van der Waals surface area contributed by atoms with E-state index in [1.807, 2.05) is 12.1 Å².